The highest BCUT2D eigenvalue weighted by molar-refractivity contribution is 7.22. The van der Waals surface area contributed by atoms with Crippen molar-refractivity contribution in [3.8, 4) is 0 Å². The molecule has 4 heterocycles. The van der Waals surface area contributed by atoms with Crippen LogP contribution < -0.4 is 4.90 Å². The number of piperidine rings is 2. The fourth-order valence-corrected chi connectivity index (χ4v) is 4.75. The van der Waals surface area contributed by atoms with Crippen molar-refractivity contribution in [2.24, 2.45) is 0 Å². The molecular weight excluding hydrogens is 326 g/mol. The Morgan fingerprint density at radius 2 is 1.92 bits per heavy atom. The molecule has 128 valence electrons. The number of hydrogen-bond acceptors (Lipinski definition) is 7. The number of anilines is 1. The molecule has 2 aliphatic rings. The van der Waals surface area contributed by atoms with Crippen LogP contribution in [-0.4, -0.2) is 52.0 Å². The van der Waals surface area contributed by atoms with E-state index >= 15 is 0 Å². The zero-order valence-electron chi connectivity index (χ0n) is 13.6. The molecule has 0 atom stereocenters. The summed E-state index contributed by atoms with van der Waals surface area (Å²) in [4.78, 5) is 24.1. The summed E-state index contributed by atoms with van der Waals surface area (Å²) < 4.78 is 0.789. The van der Waals surface area contributed by atoms with E-state index < -0.39 is 4.92 Å². The van der Waals surface area contributed by atoms with Crippen LogP contribution in [0.2, 0.25) is 0 Å². The number of pyridine rings is 1. The maximum Gasteiger partial charge on any atom is 0.289 e. The molecule has 0 radical (unpaired) electrons. The van der Waals surface area contributed by atoms with Crippen LogP contribution in [0.4, 0.5) is 10.8 Å². The minimum atomic E-state index is -0.407. The monoisotopic (exact) mass is 347 g/mol. The predicted octanol–water partition coefficient (Wildman–Crippen LogP) is 3.05. The quantitative estimate of drug-likeness (QED) is 0.627. The third-order valence-electron chi connectivity index (χ3n) is 5.07. The van der Waals surface area contributed by atoms with Gasteiger partial charge in [0.1, 0.15) is 6.20 Å². The average Bonchev–Trinajstić information content (AvgIpc) is 3.06. The molecule has 8 heteroatoms. The lowest BCUT2D eigenvalue weighted by Gasteiger charge is -2.40. The van der Waals surface area contributed by atoms with Gasteiger partial charge in [-0.05, 0) is 38.8 Å². The Morgan fingerprint density at radius 3 is 2.62 bits per heavy atom. The molecule has 0 saturated carbocycles. The van der Waals surface area contributed by atoms with Crippen LogP contribution in [0.15, 0.2) is 12.3 Å². The van der Waals surface area contributed by atoms with Crippen LogP contribution in [0.25, 0.3) is 10.3 Å². The third kappa shape index (κ3) is 3.08. The topological polar surface area (TPSA) is 75.4 Å². The van der Waals surface area contributed by atoms with Crippen molar-refractivity contribution in [1.29, 1.82) is 0 Å². The first-order valence-electron chi connectivity index (χ1n) is 8.61. The van der Waals surface area contributed by atoms with E-state index in [-0.39, 0.29) is 5.69 Å². The van der Waals surface area contributed by atoms with Gasteiger partial charge in [0.2, 0.25) is 0 Å². The predicted molar refractivity (Wildman–Crippen MR) is 94.7 cm³/mol. The average molecular weight is 347 g/mol. The zero-order chi connectivity index (χ0) is 16.5. The first kappa shape index (κ1) is 15.7. The van der Waals surface area contributed by atoms with E-state index in [4.69, 9.17) is 0 Å². The van der Waals surface area contributed by atoms with Gasteiger partial charge in [0.25, 0.3) is 5.69 Å². The summed E-state index contributed by atoms with van der Waals surface area (Å²) in [6.45, 7) is 4.50. The van der Waals surface area contributed by atoms with Crippen molar-refractivity contribution in [2.75, 3.05) is 31.1 Å². The number of thiazole rings is 1. The highest BCUT2D eigenvalue weighted by Crippen LogP contribution is 2.32. The van der Waals surface area contributed by atoms with Gasteiger partial charge in [-0.3, -0.25) is 10.1 Å². The van der Waals surface area contributed by atoms with Gasteiger partial charge in [0.15, 0.2) is 10.8 Å². The van der Waals surface area contributed by atoms with Gasteiger partial charge in [0, 0.05) is 25.2 Å². The molecule has 0 unspecified atom stereocenters. The molecule has 24 heavy (non-hydrogen) atoms. The number of aromatic nitrogens is 2. The second-order valence-corrected chi connectivity index (χ2v) is 7.59. The molecular formula is C16H21N5O2S. The summed E-state index contributed by atoms with van der Waals surface area (Å²) in [5.74, 6) is 0. The maximum atomic E-state index is 10.9. The molecule has 0 amide bonds. The fourth-order valence-electron chi connectivity index (χ4n) is 3.74. The lowest BCUT2D eigenvalue weighted by molar-refractivity contribution is -0.385. The molecule has 0 aromatic carbocycles. The minimum absolute atomic E-state index is 0.0292. The van der Waals surface area contributed by atoms with Gasteiger partial charge in [-0.1, -0.05) is 17.8 Å². The SMILES string of the molecule is O=[N+]([O-])c1cnc2nc(N3CCC(N4CCCCC4)CC3)sc2c1. The van der Waals surface area contributed by atoms with Gasteiger partial charge < -0.3 is 9.80 Å². The molecule has 2 fully saturated rings. The number of hydrogen-bond donors (Lipinski definition) is 0. The number of nitro groups is 1. The molecule has 2 aromatic heterocycles. The van der Waals surface area contributed by atoms with Crippen LogP contribution in [-0.2, 0) is 0 Å². The van der Waals surface area contributed by atoms with Crippen molar-refractivity contribution >= 4 is 32.5 Å². The van der Waals surface area contributed by atoms with Crippen molar-refractivity contribution in [2.45, 2.75) is 38.1 Å². The third-order valence-corrected chi connectivity index (χ3v) is 6.13. The van der Waals surface area contributed by atoms with Crippen molar-refractivity contribution in [1.82, 2.24) is 14.9 Å². The van der Waals surface area contributed by atoms with Crippen LogP contribution >= 0.6 is 11.3 Å². The van der Waals surface area contributed by atoms with Gasteiger partial charge in [-0.2, -0.15) is 4.98 Å². The summed E-state index contributed by atoms with van der Waals surface area (Å²) in [6.07, 6.45) is 7.67. The minimum Gasteiger partial charge on any atom is -0.348 e. The fraction of sp³-hybridized carbons (Fsp3) is 0.625. The standard InChI is InChI=1S/C16H21N5O2S/c22-21(23)13-10-14-15(17-11-13)18-16(24-14)20-8-4-12(5-9-20)19-6-2-1-3-7-19/h10-12H,1-9H2. The highest BCUT2D eigenvalue weighted by Gasteiger charge is 2.27. The van der Waals surface area contributed by atoms with Crippen molar-refractivity contribution < 1.29 is 4.92 Å². The second-order valence-electron chi connectivity index (χ2n) is 6.58. The molecule has 2 saturated heterocycles. The Bertz CT molecular complexity index is 735. The first-order chi connectivity index (χ1) is 11.7. The number of nitrogens with zero attached hydrogens (tertiary/aromatic N) is 5. The van der Waals surface area contributed by atoms with Gasteiger partial charge in [-0.15, -0.1) is 0 Å². The van der Waals surface area contributed by atoms with E-state index in [2.05, 4.69) is 19.8 Å². The van der Waals surface area contributed by atoms with Crippen molar-refractivity contribution in [3.05, 3.63) is 22.4 Å². The number of likely N-dealkylation sites (tertiary alicyclic amines) is 1. The van der Waals surface area contributed by atoms with Crippen LogP contribution in [0.5, 0.6) is 0 Å². The smallest absolute Gasteiger partial charge is 0.289 e. The normalized spacial score (nSPS) is 20.6. The van der Waals surface area contributed by atoms with Crippen molar-refractivity contribution in [3.63, 3.8) is 0 Å². The Morgan fingerprint density at radius 1 is 1.17 bits per heavy atom. The van der Waals surface area contributed by atoms with Gasteiger partial charge in [-0.25, -0.2) is 4.98 Å². The van der Waals surface area contributed by atoms with E-state index in [1.165, 1.54) is 62.7 Å². The molecule has 0 spiro atoms. The van der Waals surface area contributed by atoms with Crippen LogP contribution in [0, 0.1) is 10.1 Å². The number of fused-ring (bicyclic) bond motifs is 1. The second kappa shape index (κ2) is 6.60. The summed E-state index contributed by atoms with van der Waals surface area (Å²) in [7, 11) is 0. The molecule has 2 aromatic rings. The maximum absolute atomic E-state index is 10.9. The van der Waals surface area contributed by atoms with Crippen LogP contribution in [0.1, 0.15) is 32.1 Å². The molecule has 4 rings (SSSR count). The van der Waals surface area contributed by atoms with Gasteiger partial charge >= 0.3 is 0 Å². The van der Waals surface area contributed by atoms with E-state index in [0.717, 1.165) is 22.9 Å². The molecule has 2 aliphatic heterocycles. The lowest BCUT2D eigenvalue weighted by Crippen LogP contribution is -2.46. The van der Waals surface area contributed by atoms with E-state index in [1.807, 2.05) is 0 Å². The molecule has 7 nitrogen and oxygen atoms in total. The summed E-state index contributed by atoms with van der Waals surface area (Å²) >= 11 is 1.51. The Hall–Kier alpha value is -1.80. The van der Waals surface area contributed by atoms with E-state index in [0.29, 0.717) is 11.7 Å². The number of rotatable bonds is 3. The summed E-state index contributed by atoms with van der Waals surface area (Å²) in [5.41, 5.74) is 0.639. The van der Waals surface area contributed by atoms with Crippen LogP contribution in [0.3, 0.4) is 0 Å². The Balaban J connectivity index is 1.45. The van der Waals surface area contributed by atoms with Gasteiger partial charge in [0.05, 0.1) is 9.62 Å². The largest absolute Gasteiger partial charge is 0.348 e. The Kier molecular flexibility index (Phi) is 4.32. The van der Waals surface area contributed by atoms with E-state index in [9.17, 15) is 10.1 Å². The molecule has 0 N–H and O–H groups in total. The summed E-state index contributed by atoms with van der Waals surface area (Å²) in [5, 5.41) is 11.8. The zero-order valence-corrected chi connectivity index (χ0v) is 14.4. The molecule has 0 bridgehead atoms. The highest BCUT2D eigenvalue weighted by atomic mass is 32.1. The molecule has 0 aliphatic carbocycles. The Labute approximate surface area is 144 Å². The summed E-state index contributed by atoms with van der Waals surface area (Å²) in [6, 6.07) is 2.28. The van der Waals surface area contributed by atoms with E-state index in [1.54, 1.807) is 6.07 Å². The first-order valence-corrected chi connectivity index (χ1v) is 9.42. The lowest BCUT2D eigenvalue weighted by atomic mass is 10.0.